The molecular weight excluding hydrogens is 435 g/mol. The Bertz CT molecular complexity index is 502. The van der Waals surface area contributed by atoms with E-state index in [1.807, 2.05) is 17.0 Å². The molecule has 0 aliphatic carbocycles. The number of carbonyl (C=O) groups is 1. The van der Waals surface area contributed by atoms with Gasteiger partial charge in [-0.25, -0.2) is 0 Å². The molecule has 1 aliphatic rings. The summed E-state index contributed by atoms with van der Waals surface area (Å²) in [6, 6.07) is 3.74. The van der Waals surface area contributed by atoms with Crippen LogP contribution < -0.4 is 10.6 Å². The van der Waals surface area contributed by atoms with Gasteiger partial charge in [-0.2, -0.15) is 0 Å². The molecule has 0 spiro atoms. The number of nitrogens with zero attached hydrogens (tertiary/aromatic N) is 2. The molecule has 0 saturated carbocycles. The van der Waals surface area contributed by atoms with Gasteiger partial charge in [0.1, 0.15) is 12.4 Å². The molecule has 142 valence electrons. The summed E-state index contributed by atoms with van der Waals surface area (Å²) in [5, 5.41) is 6.26. The summed E-state index contributed by atoms with van der Waals surface area (Å²) in [7, 11) is 1.70. The number of furan rings is 1. The molecule has 1 aromatic heterocycles. The van der Waals surface area contributed by atoms with Gasteiger partial charge in [-0.1, -0.05) is 0 Å². The first kappa shape index (κ1) is 21.8. The molecular formula is C17H29IN4O3. The molecule has 2 N–H and O–H groups in total. The van der Waals surface area contributed by atoms with Crippen molar-refractivity contribution in [3.8, 4) is 0 Å². The van der Waals surface area contributed by atoms with Gasteiger partial charge in [-0.05, 0) is 37.8 Å². The van der Waals surface area contributed by atoms with Gasteiger partial charge in [0, 0.05) is 33.3 Å². The number of likely N-dealkylation sites (tertiary alicyclic amines) is 1. The topological polar surface area (TPSA) is 79.1 Å². The molecule has 1 saturated heterocycles. The minimum absolute atomic E-state index is 0. The molecule has 0 bridgehead atoms. The van der Waals surface area contributed by atoms with Crippen LogP contribution in [-0.2, 0) is 16.1 Å². The summed E-state index contributed by atoms with van der Waals surface area (Å²) in [6.07, 6.45) is 5.93. The Labute approximate surface area is 166 Å². The van der Waals surface area contributed by atoms with Crippen LogP contribution in [0.3, 0.4) is 0 Å². The summed E-state index contributed by atoms with van der Waals surface area (Å²) in [4.78, 5) is 18.2. The molecule has 7 nitrogen and oxygen atoms in total. The predicted molar refractivity (Wildman–Crippen MR) is 108 cm³/mol. The van der Waals surface area contributed by atoms with Crippen molar-refractivity contribution in [1.82, 2.24) is 15.5 Å². The van der Waals surface area contributed by atoms with Crippen LogP contribution in [0, 0.1) is 0 Å². The van der Waals surface area contributed by atoms with Gasteiger partial charge in [0.25, 0.3) is 0 Å². The smallest absolute Gasteiger partial charge is 0.241 e. The molecule has 0 atom stereocenters. The lowest BCUT2D eigenvalue weighted by molar-refractivity contribution is -0.130. The fourth-order valence-corrected chi connectivity index (χ4v) is 2.58. The van der Waals surface area contributed by atoms with Crippen LogP contribution in [0.15, 0.2) is 27.8 Å². The monoisotopic (exact) mass is 464 g/mol. The van der Waals surface area contributed by atoms with Crippen molar-refractivity contribution < 1.29 is 13.9 Å². The van der Waals surface area contributed by atoms with Gasteiger partial charge >= 0.3 is 0 Å². The quantitative estimate of drug-likeness (QED) is 0.266. The molecule has 1 aliphatic heterocycles. The van der Waals surface area contributed by atoms with Crippen molar-refractivity contribution in [1.29, 1.82) is 0 Å². The number of ether oxygens (including phenoxy) is 1. The standard InChI is InChI=1S/C17H28N4O3.HI/c1-18-17(20-13-16(22)21-9-3-2-4-10-21)19-8-6-11-23-14-15-7-5-12-24-15;/h5,7,12H,2-4,6,8-11,13-14H2,1H3,(H2,18,19,20);1H. The molecule has 1 aromatic rings. The van der Waals surface area contributed by atoms with E-state index in [2.05, 4.69) is 15.6 Å². The van der Waals surface area contributed by atoms with Crippen molar-refractivity contribution in [3.05, 3.63) is 24.2 Å². The van der Waals surface area contributed by atoms with E-state index in [-0.39, 0.29) is 36.4 Å². The normalized spacial score (nSPS) is 14.8. The number of hydrogen-bond donors (Lipinski definition) is 2. The maximum Gasteiger partial charge on any atom is 0.241 e. The molecule has 2 heterocycles. The van der Waals surface area contributed by atoms with E-state index in [1.54, 1.807) is 13.3 Å². The van der Waals surface area contributed by atoms with E-state index in [1.165, 1.54) is 6.42 Å². The zero-order valence-electron chi connectivity index (χ0n) is 14.8. The highest BCUT2D eigenvalue weighted by Crippen LogP contribution is 2.08. The highest BCUT2D eigenvalue weighted by Gasteiger charge is 2.16. The van der Waals surface area contributed by atoms with Gasteiger partial charge in [0.2, 0.25) is 5.91 Å². The van der Waals surface area contributed by atoms with E-state index in [9.17, 15) is 4.79 Å². The molecule has 0 aromatic carbocycles. The van der Waals surface area contributed by atoms with Crippen LogP contribution in [0.25, 0.3) is 0 Å². The third-order valence-corrected chi connectivity index (χ3v) is 3.92. The Morgan fingerprint density at radius 3 is 2.80 bits per heavy atom. The van der Waals surface area contributed by atoms with Gasteiger partial charge in [-0.3, -0.25) is 9.79 Å². The summed E-state index contributed by atoms with van der Waals surface area (Å²) in [6.45, 7) is 3.89. The Balaban J connectivity index is 0.00000312. The minimum Gasteiger partial charge on any atom is -0.467 e. The van der Waals surface area contributed by atoms with E-state index < -0.39 is 0 Å². The van der Waals surface area contributed by atoms with Crippen LogP contribution in [0.2, 0.25) is 0 Å². The summed E-state index contributed by atoms with van der Waals surface area (Å²) in [5.74, 6) is 1.61. The van der Waals surface area contributed by atoms with Crippen molar-refractivity contribution in [3.63, 3.8) is 0 Å². The number of aliphatic imine (C=N–C) groups is 1. The molecule has 1 amide bonds. The molecule has 2 rings (SSSR count). The Morgan fingerprint density at radius 1 is 1.32 bits per heavy atom. The summed E-state index contributed by atoms with van der Waals surface area (Å²) in [5.41, 5.74) is 0. The fraction of sp³-hybridized carbons (Fsp3) is 0.647. The lowest BCUT2D eigenvalue weighted by Crippen LogP contribution is -2.46. The van der Waals surface area contributed by atoms with E-state index in [4.69, 9.17) is 9.15 Å². The number of carbonyl (C=O) groups excluding carboxylic acids is 1. The number of nitrogens with one attached hydrogen (secondary N) is 2. The third-order valence-electron chi connectivity index (χ3n) is 3.92. The van der Waals surface area contributed by atoms with Crippen LogP contribution >= 0.6 is 24.0 Å². The van der Waals surface area contributed by atoms with Crippen molar-refractivity contribution in [2.75, 3.05) is 39.8 Å². The summed E-state index contributed by atoms with van der Waals surface area (Å²) >= 11 is 0. The highest BCUT2D eigenvalue weighted by molar-refractivity contribution is 14.0. The van der Waals surface area contributed by atoms with E-state index >= 15 is 0 Å². The number of guanidine groups is 1. The second kappa shape index (κ2) is 13.0. The van der Waals surface area contributed by atoms with E-state index in [0.29, 0.717) is 19.2 Å². The van der Waals surface area contributed by atoms with Gasteiger partial charge in [0.05, 0.1) is 12.8 Å². The number of amides is 1. The Hall–Kier alpha value is -1.29. The number of rotatable bonds is 8. The largest absolute Gasteiger partial charge is 0.467 e. The molecule has 8 heteroatoms. The van der Waals surface area contributed by atoms with Crippen LogP contribution in [0.1, 0.15) is 31.4 Å². The average Bonchev–Trinajstić information content (AvgIpc) is 3.14. The first-order chi connectivity index (χ1) is 11.8. The minimum atomic E-state index is 0. The first-order valence-corrected chi connectivity index (χ1v) is 8.62. The maximum absolute atomic E-state index is 12.1. The van der Waals surface area contributed by atoms with Gasteiger partial charge in [-0.15, -0.1) is 24.0 Å². The maximum atomic E-state index is 12.1. The van der Waals surface area contributed by atoms with Crippen LogP contribution in [-0.4, -0.2) is 56.6 Å². The van der Waals surface area contributed by atoms with Gasteiger partial charge in [0.15, 0.2) is 5.96 Å². The molecule has 0 unspecified atom stereocenters. The van der Waals surface area contributed by atoms with Crippen LogP contribution in [0.4, 0.5) is 0 Å². The first-order valence-electron chi connectivity index (χ1n) is 8.62. The summed E-state index contributed by atoms with van der Waals surface area (Å²) < 4.78 is 10.7. The van der Waals surface area contributed by atoms with Crippen LogP contribution in [0.5, 0.6) is 0 Å². The third kappa shape index (κ3) is 8.57. The van der Waals surface area contributed by atoms with Crippen molar-refractivity contribution >= 4 is 35.8 Å². The molecule has 25 heavy (non-hydrogen) atoms. The molecule has 1 fully saturated rings. The second-order valence-electron chi connectivity index (χ2n) is 5.78. The predicted octanol–water partition coefficient (Wildman–Crippen LogP) is 1.98. The van der Waals surface area contributed by atoms with Crippen molar-refractivity contribution in [2.24, 2.45) is 4.99 Å². The average molecular weight is 464 g/mol. The number of piperidine rings is 1. The second-order valence-corrected chi connectivity index (χ2v) is 5.78. The lowest BCUT2D eigenvalue weighted by Gasteiger charge is -2.27. The van der Waals surface area contributed by atoms with E-state index in [0.717, 1.165) is 44.7 Å². The molecule has 0 radical (unpaired) electrons. The van der Waals surface area contributed by atoms with Crippen molar-refractivity contribution in [2.45, 2.75) is 32.3 Å². The SMILES string of the molecule is CN=C(NCCCOCc1ccco1)NCC(=O)N1CCCCC1.I. The highest BCUT2D eigenvalue weighted by atomic mass is 127. The zero-order chi connectivity index (χ0) is 17.0. The van der Waals surface area contributed by atoms with Gasteiger partial charge < -0.3 is 24.7 Å². The fourth-order valence-electron chi connectivity index (χ4n) is 2.58. The zero-order valence-corrected chi connectivity index (χ0v) is 17.2. The Kier molecular flexibility index (Phi) is 11.3. The number of hydrogen-bond acceptors (Lipinski definition) is 4. The lowest BCUT2D eigenvalue weighted by atomic mass is 10.1. The Morgan fingerprint density at radius 2 is 2.12 bits per heavy atom. The number of halogens is 1.